The summed E-state index contributed by atoms with van der Waals surface area (Å²) in [7, 11) is 0. The molecular weight excluding hydrogens is 880 g/mol. The molecule has 0 saturated carbocycles. The second-order valence-corrected chi connectivity index (χ2v) is 18.8. The summed E-state index contributed by atoms with van der Waals surface area (Å²) in [6.45, 7) is 7.33. The molecule has 17 nitrogen and oxygen atoms in total. The number of esters is 2. The third kappa shape index (κ3) is 10.4. The number of benzene rings is 2. The number of carbonyl (C=O) groups excluding carboxylic acids is 7. The van der Waals surface area contributed by atoms with Crippen LogP contribution in [0.1, 0.15) is 118 Å². The lowest BCUT2D eigenvalue weighted by molar-refractivity contribution is -0.172. The number of ether oxygens (including phenoxy) is 2. The summed E-state index contributed by atoms with van der Waals surface area (Å²) in [6.07, 6.45) is 0.151. The minimum absolute atomic E-state index is 0.0475. The number of cyclic esters (lactones) is 1. The van der Waals surface area contributed by atoms with Crippen LogP contribution in [0.3, 0.4) is 0 Å². The summed E-state index contributed by atoms with van der Waals surface area (Å²) in [6, 6.07) is 10.3. The maximum absolute atomic E-state index is 15.4. The number of nitrogens with one attached hydrogen (secondary N) is 3. The molecule has 4 atom stereocenters. The highest BCUT2D eigenvalue weighted by Crippen LogP contribution is 2.46. The van der Waals surface area contributed by atoms with E-state index >= 15 is 4.39 Å². The van der Waals surface area contributed by atoms with Gasteiger partial charge in [0.15, 0.2) is 11.4 Å². The second-order valence-electron chi connectivity index (χ2n) is 18.8. The molecule has 6 N–H and O–H groups in total. The number of rotatable bonds is 18. The van der Waals surface area contributed by atoms with Crippen LogP contribution in [0, 0.1) is 18.7 Å². The van der Waals surface area contributed by atoms with Crippen LogP contribution in [0.25, 0.3) is 22.3 Å². The van der Waals surface area contributed by atoms with Gasteiger partial charge in [0, 0.05) is 54.2 Å². The molecule has 2 aromatic carbocycles. The second kappa shape index (κ2) is 19.9. The maximum atomic E-state index is 15.4. The van der Waals surface area contributed by atoms with Crippen LogP contribution in [0.15, 0.2) is 47.3 Å². The van der Waals surface area contributed by atoms with Gasteiger partial charge >= 0.3 is 11.9 Å². The topological polar surface area (TPSA) is 255 Å². The Morgan fingerprint density at radius 1 is 1.00 bits per heavy atom. The fraction of sp³-hybridized carbons (Fsp3) is 0.460. The first-order valence-electron chi connectivity index (χ1n) is 22.9. The number of pyridine rings is 2. The highest BCUT2D eigenvalue weighted by Gasteiger charge is 2.46. The van der Waals surface area contributed by atoms with E-state index in [1.54, 1.807) is 65.0 Å². The number of carbonyl (C=O) groups is 7. The molecule has 68 heavy (non-hydrogen) atoms. The Kier molecular flexibility index (Phi) is 14.4. The number of hydrogen-bond acceptors (Lipinski definition) is 13. The third-order valence-corrected chi connectivity index (χ3v) is 12.9. The number of nitrogens with two attached hydrogens (primary N) is 1. The average Bonchev–Trinajstić information content (AvgIpc) is 3.67. The highest BCUT2D eigenvalue weighted by molar-refractivity contribution is 5.95. The summed E-state index contributed by atoms with van der Waals surface area (Å²) < 4.78 is 27.4. The van der Waals surface area contributed by atoms with E-state index in [2.05, 4.69) is 16.0 Å². The fourth-order valence-electron chi connectivity index (χ4n) is 9.29. The Morgan fingerprint density at radius 3 is 2.44 bits per heavy atom. The highest BCUT2D eigenvalue weighted by atomic mass is 19.1. The van der Waals surface area contributed by atoms with Crippen molar-refractivity contribution in [2.75, 3.05) is 13.1 Å². The van der Waals surface area contributed by atoms with Gasteiger partial charge in [-0.3, -0.25) is 33.6 Å². The number of aryl methyl sites for hydroxylation is 1. The molecule has 0 saturated heterocycles. The van der Waals surface area contributed by atoms with Crippen molar-refractivity contribution in [3.05, 3.63) is 97.6 Å². The van der Waals surface area contributed by atoms with Gasteiger partial charge in [-0.1, -0.05) is 37.3 Å². The van der Waals surface area contributed by atoms with Crippen molar-refractivity contribution < 1.29 is 52.5 Å². The summed E-state index contributed by atoms with van der Waals surface area (Å²) in [4.78, 5) is 110. The van der Waals surface area contributed by atoms with Gasteiger partial charge in [-0.15, -0.1) is 0 Å². The number of halogens is 1. The number of fused-ring (bicyclic) bond motifs is 5. The molecule has 3 aliphatic rings. The van der Waals surface area contributed by atoms with Gasteiger partial charge < -0.3 is 40.8 Å². The van der Waals surface area contributed by atoms with Crippen LogP contribution < -0.4 is 27.2 Å². The van der Waals surface area contributed by atoms with Gasteiger partial charge in [0.05, 0.1) is 54.2 Å². The van der Waals surface area contributed by atoms with Crippen LogP contribution in [0.4, 0.5) is 4.39 Å². The van der Waals surface area contributed by atoms with Crippen molar-refractivity contribution >= 4 is 52.1 Å². The van der Waals surface area contributed by atoms with Crippen LogP contribution in [0.2, 0.25) is 0 Å². The predicted octanol–water partition coefficient (Wildman–Crippen LogP) is 3.48. The third-order valence-electron chi connectivity index (χ3n) is 12.9. The van der Waals surface area contributed by atoms with Crippen molar-refractivity contribution in [2.24, 2.45) is 11.7 Å². The maximum Gasteiger partial charge on any atom is 0.343 e. The predicted molar refractivity (Wildman–Crippen MR) is 245 cm³/mol. The standard InChI is InChI=1S/C50H57FN6O11/c1-6-50(66)33-20-38-45-31(24-57(38)47(64)32(33)25-67-48(50)65)44-36(14-12-30-26(2)34(51)21-37(56-45)43(30)44)55-41(61)23-54-46(63)28(18-27-10-8-7-9-11-27)19-29(58)22-53-40(60)16-15-39(59)35(52)13-17-42(62)68-49(3,4)5/h7-11,20-21,28,35-36,66H,6,12-19,22-25,52H2,1-5H3,(H,53,60)(H,54,63)(H,55,61)/t28-,35+,36+,50+/m1/s1. The molecule has 0 fully saturated rings. The lowest BCUT2D eigenvalue weighted by Gasteiger charge is -2.31. The molecule has 0 spiro atoms. The van der Waals surface area contributed by atoms with Crippen molar-refractivity contribution in [3.8, 4) is 11.4 Å². The van der Waals surface area contributed by atoms with Gasteiger partial charge in [-0.2, -0.15) is 0 Å². The smallest absolute Gasteiger partial charge is 0.343 e. The number of ketones is 2. The lowest BCUT2D eigenvalue weighted by atomic mass is 9.81. The first-order chi connectivity index (χ1) is 32.2. The molecule has 1 aliphatic carbocycles. The molecule has 0 bridgehead atoms. The molecule has 18 heteroatoms. The van der Waals surface area contributed by atoms with E-state index in [1.807, 2.05) is 6.07 Å². The molecule has 7 rings (SSSR count). The number of Topliss-reactive ketones (excluding diaryl/α,β-unsaturated/α-hetero) is 2. The van der Waals surface area contributed by atoms with Gasteiger partial charge in [0.25, 0.3) is 5.56 Å². The van der Waals surface area contributed by atoms with E-state index in [-0.39, 0.29) is 69.2 Å². The molecule has 2 aliphatic heterocycles. The number of amides is 3. The van der Waals surface area contributed by atoms with E-state index in [0.717, 1.165) is 11.1 Å². The Hall–Kier alpha value is -6.66. The molecule has 4 aromatic rings. The minimum atomic E-state index is -2.05. The Balaban J connectivity index is 1.02. The molecule has 2 aromatic heterocycles. The molecule has 0 unspecified atom stereocenters. The molecular formula is C50H57FN6O11. The van der Waals surface area contributed by atoms with E-state index < -0.39 is 94.9 Å². The number of aliphatic hydroxyl groups is 1. The van der Waals surface area contributed by atoms with Gasteiger partial charge in [0.2, 0.25) is 17.7 Å². The quantitative estimate of drug-likeness (QED) is 0.0791. The average molecular weight is 937 g/mol. The largest absolute Gasteiger partial charge is 0.460 e. The number of nitrogens with zero attached hydrogens (tertiary/aromatic N) is 2. The molecule has 4 heterocycles. The van der Waals surface area contributed by atoms with Crippen LogP contribution in [-0.2, 0) is 74.6 Å². The Morgan fingerprint density at radius 2 is 1.74 bits per heavy atom. The van der Waals surface area contributed by atoms with Gasteiger partial charge in [-0.05, 0) is 88.1 Å². The number of aromatic nitrogens is 2. The summed E-state index contributed by atoms with van der Waals surface area (Å²) >= 11 is 0. The lowest BCUT2D eigenvalue weighted by Crippen LogP contribution is -2.44. The summed E-state index contributed by atoms with van der Waals surface area (Å²) in [5, 5.41) is 20.2. The van der Waals surface area contributed by atoms with E-state index in [4.69, 9.17) is 20.2 Å². The fourth-order valence-corrected chi connectivity index (χ4v) is 9.29. The van der Waals surface area contributed by atoms with Crippen molar-refractivity contribution in [2.45, 2.75) is 129 Å². The van der Waals surface area contributed by atoms with Gasteiger partial charge in [-0.25, -0.2) is 14.2 Å². The Bertz CT molecular complexity index is 2780. The monoisotopic (exact) mass is 936 g/mol. The van der Waals surface area contributed by atoms with E-state index in [1.165, 1.54) is 10.6 Å². The minimum Gasteiger partial charge on any atom is -0.460 e. The number of hydrogen-bond donors (Lipinski definition) is 5. The molecule has 3 amide bonds. The Labute approximate surface area is 391 Å². The molecule has 360 valence electrons. The summed E-state index contributed by atoms with van der Waals surface area (Å²) in [5.74, 6) is -5.31. The van der Waals surface area contributed by atoms with Crippen molar-refractivity contribution in [1.29, 1.82) is 0 Å². The van der Waals surface area contributed by atoms with Gasteiger partial charge in [0.1, 0.15) is 23.8 Å². The van der Waals surface area contributed by atoms with Crippen LogP contribution >= 0.6 is 0 Å². The first-order valence-corrected chi connectivity index (χ1v) is 22.9. The zero-order valence-corrected chi connectivity index (χ0v) is 38.8. The normalized spacial score (nSPS) is 17.8. The zero-order valence-electron chi connectivity index (χ0n) is 38.8. The SMILES string of the molecule is CC[C@@]1(O)C(=O)OCc2c1cc1n(c2=O)Cc2c-1nc1cc(F)c(C)c3c1c2[C@@H](NC(=O)CNC(=O)[C@@H](CC(=O)CNC(=O)CCC(=O)[C@@H](N)CCC(=O)OC(C)(C)C)Cc1ccccc1)CC3. The van der Waals surface area contributed by atoms with Crippen molar-refractivity contribution in [1.82, 2.24) is 25.5 Å². The van der Waals surface area contributed by atoms with E-state index in [0.29, 0.717) is 51.8 Å². The van der Waals surface area contributed by atoms with Crippen LogP contribution in [0.5, 0.6) is 0 Å². The zero-order chi connectivity index (χ0) is 49.2. The molecule has 0 radical (unpaired) electrons. The van der Waals surface area contributed by atoms with Crippen molar-refractivity contribution in [3.63, 3.8) is 0 Å². The van der Waals surface area contributed by atoms with Crippen LogP contribution in [-0.4, -0.2) is 80.6 Å². The summed E-state index contributed by atoms with van der Waals surface area (Å²) in [5.41, 5.74) is 7.18. The van der Waals surface area contributed by atoms with E-state index in [9.17, 15) is 43.5 Å². The first kappa shape index (κ1) is 49.3.